The maximum absolute atomic E-state index is 12.9. The zero-order valence-corrected chi connectivity index (χ0v) is 29.9. The van der Waals surface area contributed by atoms with Crippen molar-refractivity contribution in [3.63, 3.8) is 0 Å². The molecule has 1 aromatic heterocycles. The van der Waals surface area contributed by atoms with E-state index in [2.05, 4.69) is 39.9 Å². The summed E-state index contributed by atoms with van der Waals surface area (Å²) in [5.74, 6) is 0.208. The van der Waals surface area contributed by atoms with Gasteiger partial charge in [-0.1, -0.05) is 33.3 Å². The zero-order valence-electron chi connectivity index (χ0n) is 27.3. The van der Waals surface area contributed by atoms with Gasteiger partial charge in [-0.05, 0) is 107 Å². The number of carbonyl (C=O) groups is 2. The molecule has 3 rings (SSSR count). The minimum Gasteiger partial charge on any atom is -0.462 e. The van der Waals surface area contributed by atoms with Gasteiger partial charge in [0.25, 0.3) is 0 Å². The van der Waals surface area contributed by atoms with Crippen molar-refractivity contribution in [1.82, 2.24) is 0 Å². The molecule has 244 valence electrons. The summed E-state index contributed by atoms with van der Waals surface area (Å²) in [6, 6.07) is 3.87. The van der Waals surface area contributed by atoms with Crippen LogP contribution in [0.5, 0.6) is 0 Å². The number of aryl methyl sites for hydroxylation is 1. The van der Waals surface area contributed by atoms with Crippen molar-refractivity contribution >= 4 is 43.0 Å². The summed E-state index contributed by atoms with van der Waals surface area (Å²) in [5, 5.41) is 0.202. The van der Waals surface area contributed by atoms with Gasteiger partial charge in [0, 0.05) is 35.8 Å². The Balaban J connectivity index is 1.52. The quantitative estimate of drug-likeness (QED) is 0.0549. The third-order valence-corrected chi connectivity index (χ3v) is 15.4. The molecule has 1 aliphatic carbocycles. The molecule has 0 amide bonds. The first-order valence-corrected chi connectivity index (χ1v) is 20.6. The highest BCUT2D eigenvalue weighted by molar-refractivity contribution is 7.13. The number of hydrogen-bond donors (Lipinski definition) is 0. The van der Waals surface area contributed by atoms with Crippen molar-refractivity contribution in [3.05, 3.63) is 34.0 Å². The van der Waals surface area contributed by atoms with Crippen LogP contribution in [-0.2, 0) is 29.9 Å². The van der Waals surface area contributed by atoms with Gasteiger partial charge in [0.1, 0.15) is 4.88 Å². The topological polar surface area (TPSA) is 71.1 Å². The summed E-state index contributed by atoms with van der Waals surface area (Å²) in [4.78, 5) is 26.7. The van der Waals surface area contributed by atoms with Crippen molar-refractivity contribution in [2.45, 2.75) is 134 Å². The summed E-state index contributed by atoms with van der Waals surface area (Å²) in [7, 11) is -1.71. The Hall–Kier alpha value is -1.03. The standard InChI is InChI=1S/C34H55ClO6SSi/c1-7-38-33(37)31-21-19-26(42-31)15-13-16-27-28(30(24-29(27)35)41-32-17-10-12-22-39-32)20-18-25(36)14-9-8-11-23-40-43(5,6)34(2,3)4/h18-21,27-30,32H,7-17,22-24H2,1-6H3/b20-18+/t27-,28-,29-,30-,32?/m1/s1. The third kappa shape index (κ3) is 11.7. The van der Waals surface area contributed by atoms with E-state index in [0.29, 0.717) is 17.9 Å². The molecule has 1 saturated heterocycles. The normalized spacial score (nSPS) is 25.0. The molecule has 1 unspecified atom stereocenters. The Morgan fingerprint density at radius 2 is 1.93 bits per heavy atom. The molecule has 2 heterocycles. The highest BCUT2D eigenvalue weighted by Gasteiger charge is 2.42. The first-order chi connectivity index (χ1) is 20.4. The molecule has 0 spiro atoms. The lowest BCUT2D eigenvalue weighted by Gasteiger charge is -2.36. The molecule has 6 nitrogen and oxygen atoms in total. The molecule has 0 aromatic carbocycles. The number of carbonyl (C=O) groups excluding carboxylic acids is 2. The van der Waals surface area contributed by atoms with Gasteiger partial charge in [-0.2, -0.15) is 0 Å². The minimum absolute atomic E-state index is 0.0160. The predicted molar refractivity (Wildman–Crippen MR) is 179 cm³/mol. The Morgan fingerprint density at radius 3 is 2.63 bits per heavy atom. The number of thiophene rings is 1. The fourth-order valence-corrected chi connectivity index (χ4v) is 8.13. The van der Waals surface area contributed by atoms with Crippen molar-refractivity contribution in [2.75, 3.05) is 19.8 Å². The molecule has 2 fully saturated rings. The van der Waals surface area contributed by atoms with Crippen molar-refractivity contribution in [3.8, 4) is 0 Å². The number of ether oxygens (including phenoxy) is 3. The first-order valence-electron chi connectivity index (χ1n) is 16.4. The number of halogens is 1. The van der Waals surface area contributed by atoms with Crippen LogP contribution >= 0.6 is 22.9 Å². The third-order valence-electron chi connectivity index (χ3n) is 9.25. The number of allylic oxidation sites excluding steroid dienone is 1. The summed E-state index contributed by atoms with van der Waals surface area (Å²) in [5.41, 5.74) is 0. The Labute approximate surface area is 270 Å². The van der Waals surface area contributed by atoms with E-state index in [1.807, 2.05) is 19.1 Å². The van der Waals surface area contributed by atoms with Crippen LogP contribution in [0.3, 0.4) is 0 Å². The molecule has 2 aliphatic rings. The van der Waals surface area contributed by atoms with Gasteiger partial charge in [0.15, 0.2) is 20.4 Å². The van der Waals surface area contributed by atoms with Gasteiger partial charge >= 0.3 is 5.97 Å². The molecule has 9 heteroatoms. The largest absolute Gasteiger partial charge is 0.462 e. The van der Waals surface area contributed by atoms with Crippen LogP contribution < -0.4 is 0 Å². The van der Waals surface area contributed by atoms with Crippen molar-refractivity contribution in [1.29, 1.82) is 0 Å². The summed E-state index contributed by atoms with van der Waals surface area (Å²) < 4.78 is 23.8. The summed E-state index contributed by atoms with van der Waals surface area (Å²) in [6.07, 6.45) is 13.7. The van der Waals surface area contributed by atoms with E-state index in [4.69, 9.17) is 30.2 Å². The first kappa shape index (κ1) is 36.4. The van der Waals surface area contributed by atoms with Crippen LogP contribution in [0.25, 0.3) is 0 Å². The Kier molecular flexibility index (Phi) is 14.9. The van der Waals surface area contributed by atoms with E-state index in [-0.39, 0.29) is 46.4 Å². The predicted octanol–water partition coefficient (Wildman–Crippen LogP) is 9.11. The molecule has 0 radical (unpaired) electrons. The second-order valence-corrected chi connectivity index (χ2v) is 20.1. The molecule has 1 aromatic rings. The molecule has 0 bridgehead atoms. The number of esters is 1. The Bertz CT molecular complexity index is 1030. The molecule has 0 N–H and O–H groups in total. The zero-order chi connectivity index (χ0) is 31.5. The van der Waals surface area contributed by atoms with Crippen LogP contribution in [0.4, 0.5) is 0 Å². The average Bonchev–Trinajstić information content (AvgIpc) is 3.54. The molecule has 1 aliphatic heterocycles. The fourth-order valence-electron chi connectivity index (χ4n) is 5.63. The monoisotopic (exact) mass is 654 g/mol. The highest BCUT2D eigenvalue weighted by atomic mass is 35.5. The maximum atomic E-state index is 12.9. The van der Waals surface area contributed by atoms with Gasteiger partial charge in [0.05, 0.1) is 12.7 Å². The van der Waals surface area contributed by atoms with E-state index in [0.717, 1.165) is 77.4 Å². The number of hydrogen-bond acceptors (Lipinski definition) is 7. The highest BCUT2D eigenvalue weighted by Crippen LogP contribution is 2.43. The van der Waals surface area contributed by atoms with Gasteiger partial charge in [0.2, 0.25) is 0 Å². The van der Waals surface area contributed by atoms with Crippen LogP contribution in [0.2, 0.25) is 18.1 Å². The maximum Gasteiger partial charge on any atom is 0.348 e. The van der Waals surface area contributed by atoms with Crippen LogP contribution in [0.1, 0.15) is 106 Å². The van der Waals surface area contributed by atoms with E-state index in [9.17, 15) is 9.59 Å². The number of ketones is 1. The average molecular weight is 655 g/mol. The van der Waals surface area contributed by atoms with Crippen molar-refractivity contribution in [2.24, 2.45) is 11.8 Å². The number of alkyl halides is 1. The summed E-state index contributed by atoms with van der Waals surface area (Å²) in [6.45, 7) is 15.1. The lowest BCUT2D eigenvalue weighted by Crippen LogP contribution is -2.40. The van der Waals surface area contributed by atoms with Gasteiger partial charge < -0.3 is 18.6 Å². The summed E-state index contributed by atoms with van der Waals surface area (Å²) >= 11 is 8.45. The molecule has 43 heavy (non-hydrogen) atoms. The van der Waals surface area contributed by atoms with Crippen LogP contribution in [0, 0.1) is 11.8 Å². The second kappa shape index (κ2) is 17.6. The van der Waals surface area contributed by atoms with Crippen LogP contribution in [0.15, 0.2) is 24.3 Å². The van der Waals surface area contributed by atoms with Gasteiger partial charge in [-0.15, -0.1) is 22.9 Å². The second-order valence-electron chi connectivity index (χ2n) is 13.6. The van der Waals surface area contributed by atoms with Crippen molar-refractivity contribution < 1.29 is 28.2 Å². The molecular formula is C34H55ClO6SSi. The molecular weight excluding hydrogens is 600 g/mol. The van der Waals surface area contributed by atoms with Crippen LogP contribution in [-0.4, -0.2) is 57.7 Å². The van der Waals surface area contributed by atoms with E-state index in [1.165, 1.54) is 16.2 Å². The Morgan fingerprint density at radius 1 is 1.14 bits per heavy atom. The molecule has 1 saturated carbocycles. The van der Waals surface area contributed by atoms with E-state index >= 15 is 0 Å². The lowest BCUT2D eigenvalue weighted by atomic mass is 9.89. The minimum atomic E-state index is -1.71. The smallest absolute Gasteiger partial charge is 0.348 e. The lowest BCUT2D eigenvalue weighted by molar-refractivity contribution is -0.192. The van der Waals surface area contributed by atoms with E-state index in [1.54, 1.807) is 6.08 Å². The van der Waals surface area contributed by atoms with Gasteiger partial charge in [-0.25, -0.2) is 4.79 Å². The SMILES string of the molecule is CCOC(=O)c1ccc(CCC[C@@H]2[C@@H](/C=C/C(=O)CCCCCO[Si](C)(C)C(C)(C)C)[C@H](OC3CCCCO3)C[C@H]2Cl)s1. The number of unbranched alkanes of at least 4 members (excludes halogenated alkanes) is 2. The number of rotatable bonds is 17. The fraction of sp³-hybridized carbons (Fsp3) is 0.765. The van der Waals surface area contributed by atoms with Gasteiger partial charge in [-0.3, -0.25) is 4.79 Å². The van der Waals surface area contributed by atoms with E-state index < -0.39 is 8.32 Å². The molecule has 5 atom stereocenters.